The zero-order chi connectivity index (χ0) is 14.5. The lowest BCUT2D eigenvalue weighted by Gasteiger charge is -2.33. The molecule has 0 saturated heterocycles. The number of hydrogen-bond acceptors (Lipinski definition) is 1. The van der Waals surface area contributed by atoms with E-state index in [4.69, 9.17) is 0 Å². The average molecular weight is 287 g/mol. The molecule has 2 saturated carbocycles. The van der Waals surface area contributed by atoms with Crippen LogP contribution in [-0.4, -0.2) is 11.2 Å². The largest absolute Gasteiger partial charge is 0.257 e. The summed E-state index contributed by atoms with van der Waals surface area (Å²) in [4.78, 5) is 4.47. The molecule has 3 rings (SSSR count). The Hall–Kier alpha value is -1.18. The summed E-state index contributed by atoms with van der Waals surface area (Å²) < 4.78 is 13.5. The fourth-order valence-corrected chi connectivity index (χ4v) is 4.02. The molecule has 0 bridgehead atoms. The number of aromatic nitrogens is 1. The first-order valence-electron chi connectivity index (χ1n) is 8.59. The maximum absolute atomic E-state index is 13.5. The number of alkyl halides is 1. The van der Waals surface area contributed by atoms with Crippen molar-refractivity contribution in [2.75, 3.05) is 0 Å². The molecule has 1 heterocycles. The highest BCUT2D eigenvalue weighted by Gasteiger charge is 2.28. The predicted octanol–water partition coefficient (Wildman–Crippen LogP) is 5.57. The van der Waals surface area contributed by atoms with Gasteiger partial charge in [-0.3, -0.25) is 4.98 Å². The van der Waals surface area contributed by atoms with Gasteiger partial charge in [-0.05, 0) is 68.6 Å². The first-order valence-corrected chi connectivity index (χ1v) is 8.59. The van der Waals surface area contributed by atoms with Gasteiger partial charge < -0.3 is 0 Å². The van der Waals surface area contributed by atoms with Gasteiger partial charge in [0.05, 0.1) is 5.69 Å². The summed E-state index contributed by atoms with van der Waals surface area (Å²) in [5.74, 6) is 1.30. The molecule has 2 fully saturated rings. The van der Waals surface area contributed by atoms with Gasteiger partial charge in [0, 0.05) is 6.20 Å². The van der Waals surface area contributed by atoms with Crippen molar-refractivity contribution in [3.05, 3.63) is 35.7 Å². The third-order valence-corrected chi connectivity index (χ3v) is 5.21. The van der Waals surface area contributed by atoms with Gasteiger partial charge in [0.2, 0.25) is 0 Å². The van der Waals surface area contributed by atoms with Gasteiger partial charge in [-0.1, -0.05) is 30.9 Å². The SMILES string of the molecule is FC1CCC(/C(=C\c2ccccn2)C2CCCCC2)CC1. The van der Waals surface area contributed by atoms with E-state index in [-0.39, 0.29) is 0 Å². The Morgan fingerprint density at radius 1 is 0.952 bits per heavy atom. The summed E-state index contributed by atoms with van der Waals surface area (Å²) in [7, 11) is 0. The van der Waals surface area contributed by atoms with Crippen LogP contribution in [0.3, 0.4) is 0 Å². The first-order chi connectivity index (χ1) is 10.3. The van der Waals surface area contributed by atoms with Gasteiger partial charge in [0.1, 0.15) is 6.17 Å². The fourth-order valence-electron chi connectivity index (χ4n) is 4.02. The summed E-state index contributed by atoms with van der Waals surface area (Å²) in [6.45, 7) is 0. The van der Waals surface area contributed by atoms with Crippen molar-refractivity contribution in [3.8, 4) is 0 Å². The summed E-state index contributed by atoms with van der Waals surface area (Å²) in [5.41, 5.74) is 2.64. The molecule has 114 valence electrons. The molecule has 1 nitrogen and oxygen atoms in total. The molecular formula is C19H26FN. The highest BCUT2D eigenvalue weighted by molar-refractivity contribution is 5.50. The van der Waals surface area contributed by atoms with Crippen molar-refractivity contribution >= 4 is 6.08 Å². The lowest BCUT2D eigenvalue weighted by atomic mass is 9.73. The van der Waals surface area contributed by atoms with Gasteiger partial charge in [0.25, 0.3) is 0 Å². The minimum absolute atomic E-state index is 0.566. The van der Waals surface area contributed by atoms with Gasteiger partial charge in [-0.2, -0.15) is 0 Å². The molecular weight excluding hydrogens is 261 g/mol. The van der Waals surface area contributed by atoms with E-state index in [2.05, 4.69) is 23.2 Å². The minimum Gasteiger partial charge on any atom is -0.257 e. The van der Waals surface area contributed by atoms with E-state index < -0.39 is 6.17 Å². The Kier molecular flexibility index (Phi) is 5.05. The highest BCUT2D eigenvalue weighted by atomic mass is 19.1. The molecule has 0 unspecified atom stereocenters. The Labute approximate surface area is 127 Å². The van der Waals surface area contributed by atoms with Crippen LogP contribution in [0.2, 0.25) is 0 Å². The third-order valence-electron chi connectivity index (χ3n) is 5.21. The second kappa shape index (κ2) is 7.20. The highest BCUT2D eigenvalue weighted by Crippen LogP contribution is 2.40. The van der Waals surface area contributed by atoms with Crippen LogP contribution in [0.4, 0.5) is 4.39 Å². The molecule has 0 radical (unpaired) electrons. The van der Waals surface area contributed by atoms with Crippen molar-refractivity contribution in [2.45, 2.75) is 64.0 Å². The van der Waals surface area contributed by atoms with Crippen molar-refractivity contribution in [3.63, 3.8) is 0 Å². The zero-order valence-corrected chi connectivity index (χ0v) is 12.8. The van der Waals surface area contributed by atoms with Crippen LogP contribution >= 0.6 is 0 Å². The van der Waals surface area contributed by atoms with Crippen molar-refractivity contribution < 1.29 is 4.39 Å². The Balaban J connectivity index is 1.81. The average Bonchev–Trinajstić information content (AvgIpc) is 2.55. The molecule has 0 aromatic carbocycles. The van der Waals surface area contributed by atoms with E-state index >= 15 is 0 Å². The summed E-state index contributed by atoms with van der Waals surface area (Å²) >= 11 is 0. The number of pyridine rings is 1. The Bertz CT molecular complexity index is 454. The van der Waals surface area contributed by atoms with Crippen LogP contribution in [-0.2, 0) is 0 Å². The minimum atomic E-state index is -0.566. The molecule has 0 atom stereocenters. The number of rotatable bonds is 3. The zero-order valence-electron chi connectivity index (χ0n) is 12.8. The number of nitrogens with zero attached hydrogens (tertiary/aromatic N) is 1. The molecule has 0 amide bonds. The number of halogens is 1. The summed E-state index contributed by atoms with van der Waals surface area (Å²) in [5, 5.41) is 0. The molecule has 0 spiro atoms. The molecule has 1 aromatic heterocycles. The standard InChI is InChI=1S/C19H26FN/c20-17-11-9-16(10-12-17)19(15-6-2-1-3-7-15)14-18-8-4-5-13-21-18/h4-5,8,13-17H,1-3,6-7,9-12H2/b19-14-. The number of allylic oxidation sites excluding steroid dienone is 1. The predicted molar refractivity (Wildman–Crippen MR) is 85.6 cm³/mol. The lowest BCUT2D eigenvalue weighted by molar-refractivity contribution is 0.212. The fraction of sp³-hybridized carbons (Fsp3) is 0.632. The van der Waals surface area contributed by atoms with E-state index in [9.17, 15) is 4.39 Å². The molecule has 2 heteroatoms. The topological polar surface area (TPSA) is 12.9 Å². The van der Waals surface area contributed by atoms with Crippen LogP contribution in [0, 0.1) is 11.8 Å². The van der Waals surface area contributed by atoms with E-state index in [0.717, 1.165) is 31.4 Å². The van der Waals surface area contributed by atoms with E-state index in [0.29, 0.717) is 11.8 Å². The van der Waals surface area contributed by atoms with Crippen molar-refractivity contribution in [1.29, 1.82) is 0 Å². The smallest absolute Gasteiger partial charge is 0.100 e. The van der Waals surface area contributed by atoms with E-state index in [1.54, 1.807) is 5.57 Å². The second-order valence-electron chi connectivity index (χ2n) is 6.68. The maximum atomic E-state index is 13.5. The van der Waals surface area contributed by atoms with Crippen LogP contribution in [0.25, 0.3) is 6.08 Å². The Morgan fingerprint density at radius 3 is 2.33 bits per heavy atom. The van der Waals surface area contributed by atoms with Gasteiger partial charge in [-0.25, -0.2) is 4.39 Å². The normalized spacial score (nSPS) is 28.5. The molecule has 0 aliphatic heterocycles. The monoisotopic (exact) mass is 287 g/mol. The van der Waals surface area contributed by atoms with Crippen molar-refractivity contribution in [2.24, 2.45) is 11.8 Å². The summed E-state index contributed by atoms with van der Waals surface area (Å²) in [6.07, 6.45) is 13.9. The van der Waals surface area contributed by atoms with Crippen LogP contribution in [0.15, 0.2) is 30.0 Å². The van der Waals surface area contributed by atoms with Crippen molar-refractivity contribution in [1.82, 2.24) is 4.98 Å². The van der Waals surface area contributed by atoms with Crippen LogP contribution < -0.4 is 0 Å². The molecule has 1 aromatic rings. The maximum Gasteiger partial charge on any atom is 0.100 e. The van der Waals surface area contributed by atoms with Crippen LogP contribution in [0.5, 0.6) is 0 Å². The lowest BCUT2D eigenvalue weighted by Crippen LogP contribution is -2.22. The quantitative estimate of drug-likeness (QED) is 0.708. The molecule has 2 aliphatic rings. The molecule has 0 N–H and O–H groups in total. The first kappa shape index (κ1) is 14.7. The van der Waals surface area contributed by atoms with Gasteiger partial charge >= 0.3 is 0 Å². The van der Waals surface area contributed by atoms with Gasteiger partial charge in [0.15, 0.2) is 0 Å². The molecule has 21 heavy (non-hydrogen) atoms. The number of hydrogen-bond donors (Lipinski definition) is 0. The van der Waals surface area contributed by atoms with E-state index in [1.165, 1.54) is 32.1 Å². The van der Waals surface area contributed by atoms with Crippen LogP contribution in [0.1, 0.15) is 63.5 Å². The Morgan fingerprint density at radius 2 is 1.67 bits per heavy atom. The third kappa shape index (κ3) is 3.93. The van der Waals surface area contributed by atoms with E-state index in [1.807, 2.05) is 12.3 Å². The molecule has 2 aliphatic carbocycles. The summed E-state index contributed by atoms with van der Waals surface area (Å²) in [6, 6.07) is 6.10. The second-order valence-corrected chi connectivity index (χ2v) is 6.68. The van der Waals surface area contributed by atoms with Gasteiger partial charge in [-0.15, -0.1) is 0 Å².